The van der Waals surface area contributed by atoms with Crippen LogP contribution in [0.3, 0.4) is 0 Å². The topological polar surface area (TPSA) is 28.2 Å². The van der Waals surface area contributed by atoms with Crippen molar-refractivity contribution in [2.75, 3.05) is 26.2 Å². The Kier molecular flexibility index (Phi) is 4.51. The van der Waals surface area contributed by atoms with Crippen LogP contribution in [0.4, 0.5) is 0 Å². The number of halogens is 2. The molecule has 0 bridgehead atoms. The predicted molar refractivity (Wildman–Crippen MR) is 83.3 cm³/mol. The fourth-order valence-corrected chi connectivity index (χ4v) is 4.03. The van der Waals surface area contributed by atoms with Crippen molar-refractivity contribution in [2.45, 2.75) is 32.2 Å². The van der Waals surface area contributed by atoms with Crippen LogP contribution in [0.15, 0.2) is 12.1 Å². The first-order valence-electron chi connectivity index (χ1n) is 7.41. The van der Waals surface area contributed by atoms with E-state index in [1.807, 2.05) is 12.1 Å². The second-order valence-corrected chi connectivity index (χ2v) is 6.92. The van der Waals surface area contributed by atoms with Gasteiger partial charge in [0, 0.05) is 25.2 Å². The summed E-state index contributed by atoms with van der Waals surface area (Å²) in [6.45, 7) is 5.54. The Hall–Kier alpha value is -0.350. The van der Waals surface area contributed by atoms with E-state index in [0.717, 1.165) is 25.2 Å². The molecule has 1 aromatic heterocycles. The van der Waals surface area contributed by atoms with E-state index in [1.165, 1.54) is 38.8 Å². The lowest BCUT2D eigenvalue weighted by Crippen LogP contribution is -2.50. The van der Waals surface area contributed by atoms with Crippen LogP contribution in [0.5, 0.6) is 0 Å². The number of nitrogens with zero attached hydrogens (tertiary/aromatic N) is 2. The molecule has 0 aromatic carbocycles. The highest BCUT2D eigenvalue weighted by atomic mass is 35.5. The van der Waals surface area contributed by atoms with Gasteiger partial charge in [-0.15, -0.1) is 0 Å². The molecule has 1 atom stereocenters. The van der Waals surface area contributed by atoms with Gasteiger partial charge in [-0.3, -0.25) is 4.90 Å². The molecule has 0 aliphatic carbocycles. The van der Waals surface area contributed by atoms with Gasteiger partial charge in [-0.25, -0.2) is 4.98 Å². The Bertz CT molecular complexity index is 467. The van der Waals surface area contributed by atoms with Crippen molar-refractivity contribution in [3.63, 3.8) is 0 Å². The Morgan fingerprint density at radius 2 is 2.10 bits per heavy atom. The maximum Gasteiger partial charge on any atom is 0.135 e. The van der Waals surface area contributed by atoms with Crippen molar-refractivity contribution in [3.8, 4) is 0 Å². The molecule has 2 aliphatic rings. The van der Waals surface area contributed by atoms with Gasteiger partial charge in [-0.2, -0.15) is 0 Å². The third-order valence-corrected chi connectivity index (χ3v) is 5.12. The van der Waals surface area contributed by atoms with Gasteiger partial charge in [0.25, 0.3) is 0 Å². The van der Waals surface area contributed by atoms with Gasteiger partial charge in [-0.05, 0) is 50.3 Å². The number of hydrogen-bond donors (Lipinski definition) is 1. The van der Waals surface area contributed by atoms with Crippen LogP contribution in [0.25, 0.3) is 0 Å². The van der Waals surface area contributed by atoms with E-state index in [2.05, 4.69) is 15.2 Å². The summed E-state index contributed by atoms with van der Waals surface area (Å²) in [7, 11) is 0. The summed E-state index contributed by atoms with van der Waals surface area (Å²) >= 11 is 12.1. The second kappa shape index (κ2) is 6.18. The predicted octanol–water partition coefficient (Wildman–Crippen LogP) is 3.35. The summed E-state index contributed by atoms with van der Waals surface area (Å²) in [5.41, 5.74) is 1.56. The minimum Gasteiger partial charge on any atom is -0.316 e. The molecule has 1 aromatic rings. The van der Waals surface area contributed by atoms with E-state index in [1.54, 1.807) is 0 Å². The van der Waals surface area contributed by atoms with E-state index in [4.69, 9.17) is 23.2 Å². The molecule has 2 saturated heterocycles. The molecule has 5 heteroatoms. The number of aromatic nitrogens is 1. The minimum absolute atomic E-state index is 0.463. The minimum atomic E-state index is 0.463. The van der Waals surface area contributed by atoms with Crippen LogP contribution >= 0.6 is 23.2 Å². The van der Waals surface area contributed by atoms with E-state index in [0.29, 0.717) is 15.7 Å². The summed E-state index contributed by atoms with van der Waals surface area (Å²) in [6, 6.07) is 3.82. The van der Waals surface area contributed by atoms with Gasteiger partial charge in [0.05, 0.1) is 0 Å². The van der Waals surface area contributed by atoms with Gasteiger partial charge in [0.15, 0.2) is 0 Å². The van der Waals surface area contributed by atoms with Crippen molar-refractivity contribution in [2.24, 2.45) is 5.41 Å². The lowest BCUT2D eigenvalue weighted by Gasteiger charge is -2.45. The maximum absolute atomic E-state index is 6.19. The normalized spacial score (nSPS) is 27.9. The highest BCUT2D eigenvalue weighted by Gasteiger charge is 2.36. The zero-order chi connectivity index (χ0) is 14.0. The molecule has 0 saturated carbocycles. The van der Waals surface area contributed by atoms with Gasteiger partial charge in [0.1, 0.15) is 10.3 Å². The van der Waals surface area contributed by atoms with Crippen molar-refractivity contribution in [1.82, 2.24) is 15.2 Å². The maximum atomic E-state index is 6.19. The third kappa shape index (κ3) is 3.28. The first-order valence-corrected chi connectivity index (χ1v) is 8.17. The zero-order valence-corrected chi connectivity index (χ0v) is 13.2. The molecular weight excluding hydrogens is 293 g/mol. The average Bonchev–Trinajstić information content (AvgIpc) is 2.43. The van der Waals surface area contributed by atoms with Crippen molar-refractivity contribution >= 4 is 23.2 Å². The fourth-order valence-electron chi connectivity index (χ4n) is 3.62. The lowest BCUT2D eigenvalue weighted by atomic mass is 9.74. The molecule has 20 heavy (non-hydrogen) atoms. The van der Waals surface area contributed by atoms with Crippen molar-refractivity contribution < 1.29 is 0 Å². The second-order valence-electron chi connectivity index (χ2n) is 6.18. The summed E-state index contributed by atoms with van der Waals surface area (Å²) in [5, 5.41) is 4.57. The molecule has 2 aliphatic heterocycles. The Morgan fingerprint density at radius 3 is 2.85 bits per heavy atom. The first kappa shape index (κ1) is 14.6. The SMILES string of the molecule is Clc1ccc(CN2CCCC3(CCCNC3)C2)c(Cl)n1. The Balaban J connectivity index is 1.68. The molecule has 1 unspecified atom stereocenters. The van der Waals surface area contributed by atoms with Crippen LogP contribution in [-0.2, 0) is 6.54 Å². The van der Waals surface area contributed by atoms with E-state index in [-0.39, 0.29) is 0 Å². The first-order chi connectivity index (χ1) is 9.67. The van der Waals surface area contributed by atoms with Crippen LogP contribution in [-0.4, -0.2) is 36.1 Å². The summed E-state index contributed by atoms with van der Waals surface area (Å²) in [4.78, 5) is 6.66. The molecular formula is C15H21Cl2N3. The number of piperidine rings is 2. The number of hydrogen-bond acceptors (Lipinski definition) is 3. The highest BCUT2D eigenvalue weighted by molar-refractivity contribution is 6.32. The zero-order valence-electron chi connectivity index (χ0n) is 11.7. The van der Waals surface area contributed by atoms with Crippen LogP contribution < -0.4 is 5.32 Å². The van der Waals surface area contributed by atoms with Crippen LogP contribution in [0.2, 0.25) is 10.3 Å². The van der Waals surface area contributed by atoms with E-state index in [9.17, 15) is 0 Å². The van der Waals surface area contributed by atoms with Crippen molar-refractivity contribution in [3.05, 3.63) is 28.0 Å². The standard InChI is InChI=1S/C15H21Cl2N3/c16-13-4-3-12(14(17)19-13)9-20-8-2-6-15(11-20)5-1-7-18-10-15/h3-4,18H,1-2,5-11H2. The van der Waals surface area contributed by atoms with Gasteiger partial charge in [-0.1, -0.05) is 29.3 Å². The molecule has 3 nitrogen and oxygen atoms in total. The molecule has 1 N–H and O–H groups in total. The van der Waals surface area contributed by atoms with Gasteiger partial charge in [0.2, 0.25) is 0 Å². The quantitative estimate of drug-likeness (QED) is 0.849. The molecule has 3 rings (SSSR count). The Labute approximate surface area is 130 Å². The number of nitrogens with one attached hydrogen (secondary N) is 1. The summed E-state index contributed by atoms with van der Waals surface area (Å²) < 4.78 is 0. The number of pyridine rings is 1. The van der Waals surface area contributed by atoms with Gasteiger partial charge < -0.3 is 5.32 Å². The monoisotopic (exact) mass is 313 g/mol. The van der Waals surface area contributed by atoms with Gasteiger partial charge >= 0.3 is 0 Å². The van der Waals surface area contributed by atoms with Crippen LogP contribution in [0.1, 0.15) is 31.2 Å². The van der Waals surface area contributed by atoms with Crippen molar-refractivity contribution in [1.29, 1.82) is 0 Å². The van der Waals surface area contributed by atoms with E-state index < -0.39 is 0 Å². The number of likely N-dealkylation sites (tertiary alicyclic amines) is 1. The highest BCUT2D eigenvalue weighted by Crippen LogP contribution is 2.36. The summed E-state index contributed by atoms with van der Waals surface area (Å²) in [5.74, 6) is 0. The summed E-state index contributed by atoms with van der Waals surface area (Å²) in [6.07, 6.45) is 5.28. The number of rotatable bonds is 2. The molecule has 3 heterocycles. The average molecular weight is 314 g/mol. The lowest BCUT2D eigenvalue weighted by molar-refractivity contribution is 0.0600. The molecule has 0 radical (unpaired) electrons. The van der Waals surface area contributed by atoms with E-state index >= 15 is 0 Å². The molecule has 2 fully saturated rings. The smallest absolute Gasteiger partial charge is 0.135 e. The Morgan fingerprint density at radius 1 is 1.25 bits per heavy atom. The third-order valence-electron chi connectivity index (χ3n) is 4.59. The fraction of sp³-hybridized carbons (Fsp3) is 0.667. The molecule has 110 valence electrons. The van der Waals surface area contributed by atoms with Crippen LogP contribution in [0, 0.1) is 5.41 Å². The molecule has 0 amide bonds. The largest absolute Gasteiger partial charge is 0.316 e. The molecule has 1 spiro atoms.